The first-order valence-electron chi connectivity index (χ1n) is 7.02. The third kappa shape index (κ3) is 5.55. The molecule has 0 saturated heterocycles. The van der Waals surface area contributed by atoms with Gasteiger partial charge in [-0.15, -0.1) is 0 Å². The molecular weight excluding hydrogens is 208 g/mol. The van der Waals surface area contributed by atoms with Gasteiger partial charge in [-0.1, -0.05) is 27.7 Å². The van der Waals surface area contributed by atoms with Crippen molar-refractivity contribution in [3.8, 4) is 6.07 Å². The molecule has 2 nitrogen and oxygen atoms in total. The molecule has 1 atom stereocenters. The number of nitrogens with zero attached hydrogens (tertiary/aromatic N) is 2. The molecule has 0 amide bonds. The predicted octanol–water partition coefficient (Wildman–Crippen LogP) is 4.22. The van der Waals surface area contributed by atoms with Crippen molar-refractivity contribution in [1.29, 1.82) is 5.26 Å². The summed E-state index contributed by atoms with van der Waals surface area (Å²) in [6.07, 6.45) is 4.06. The molecule has 0 saturated carbocycles. The maximum Gasteiger partial charge on any atom is 0.0638 e. The Kier molecular flexibility index (Phi) is 7.46. The maximum atomic E-state index is 9.03. The van der Waals surface area contributed by atoms with Crippen LogP contribution in [0.3, 0.4) is 0 Å². The van der Waals surface area contributed by atoms with Gasteiger partial charge in [0.15, 0.2) is 0 Å². The Labute approximate surface area is 108 Å². The van der Waals surface area contributed by atoms with Crippen LogP contribution in [0.5, 0.6) is 0 Å². The second-order valence-electron chi connectivity index (χ2n) is 6.00. The molecule has 0 bridgehead atoms. The van der Waals surface area contributed by atoms with Crippen molar-refractivity contribution in [2.75, 3.05) is 6.54 Å². The summed E-state index contributed by atoms with van der Waals surface area (Å²) in [4.78, 5) is 2.55. The summed E-state index contributed by atoms with van der Waals surface area (Å²) in [5.74, 6) is 0.653. The highest BCUT2D eigenvalue weighted by Crippen LogP contribution is 2.26. The third-order valence-corrected chi connectivity index (χ3v) is 3.62. The van der Waals surface area contributed by atoms with Gasteiger partial charge in [0.25, 0.3) is 0 Å². The molecule has 2 heteroatoms. The third-order valence-electron chi connectivity index (χ3n) is 3.62. The van der Waals surface area contributed by atoms with Crippen LogP contribution in [0.2, 0.25) is 0 Å². The summed E-state index contributed by atoms with van der Waals surface area (Å²) in [7, 11) is 0. The summed E-state index contributed by atoms with van der Waals surface area (Å²) in [5.41, 5.74) is 0.201. The normalized spacial score (nSPS) is 14.1. The van der Waals surface area contributed by atoms with Crippen LogP contribution in [0.15, 0.2) is 0 Å². The van der Waals surface area contributed by atoms with Gasteiger partial charge in [-0.3, -0.25) is 4.90 Å². The van der Waals surface area contributed by atoms with E-state index in [9.17, 15) is 0 Å². The van der Waals surface area contributed by atoms with Crippen LogP contribution in [0, 0.1) is 17.2 Å². The van der Waals surface area contributed by atoms with Crippen LogP contribution in [-0.2, 0) is 0 Å². The van der Waals surface area contributed by atoms with Gasteiger partial charge >= 0.3 is 0 Å². The second kappa shape index (κ2) is 7.71. The fourth-order valence-corrected chi connectivity index (χ4v) is 2.39. The van der Waals surface area contributed by atoms with Gasteiger partial charge < -0.3 is 0 Å². The number of nitriles is 1. The molecule has 0 spiro atoms. The maximum absolute atomic E-state index is 9.03. The lowest BCUT2D eigenvalue weighted by atomic mass is 9.91. The summed E-state index contributed by atoms with van der Waals surface area (Å²) >= 11 is 0. The topological polar surface area (TPSA) is 27.0 Å². The lowest BCUT2D eigenvalue weighted by molar-refractivity contribution is 0.0561. The molecule has 0 radical (unpaired) electrons. The highest BCUT2D eigenvalue weighted by molar-refractivity contribution is 4.90. The van der Waals surface area contributed by atoms with Gasteiger partial charge in [-0.25, -0.2) is 0 Å². The van der Waals surface area contributed by atoms with Crippen molar-refractivity contribution in [3.05, 3.63) is 0 Å². The minimum absolute atomic E-state index is 0.201. The second-order valence-corrected chi connectivity index (χ2v) is 6.00. The van der Waals surface area contributed by atoms with Gasteiger partial charge in [0.2, 0.25) is 0 Å². The number of rotatable bonds is 8. The van der Waals surface area contributed by atoms with E-state index in [0.29, 0.717) is 18.4 Å². The average Bonchev–Trinajstić information content (AvgIpc) is 2.24. The van der Waals surface area contributed by atoms with Crippen LogP contribution in [0.1, 0.15) is 67.2 Å². The van der Waals surface area contributed by atoms with Crippen LogP contribution in [0.4, 0.5) is 0 Å². The molecule has 0 heterocycles. The Hall–Kier alpha value is -0.550. The Bertz CT molecular complexity index is 238. The molecular formula is C15H30N2. The van der Waals surface area contributed by atoms with Crippen LogP contribution < -0.4 is 0 Å². The van der Waals surface area contributed by atoms with Gasteiger partial charge in [0.05, 0.1) is 12.5 Å². The molecule has 0 N–H and O–H groups in total. The Morgan fingerprint density at radius 1 is 1.24 bits per heavy atom. The van der Waals surface area contributed by atoms with Gasteiger partial charge in [0.1, 0.15) is 0 Å². The van der Waals surface area contributed by atoms with E-state index in [4.69, 9.17) is 5.26 Å². The van der Waals surface area contributed by atoms with Crippen LogP contribution in [-0.4, -0.2) is 23.0 Å². The van der Waals surface area contributed by atoms with E-state index in [1.54, 1.807) is 0 Å². The van der Waals surface area contributed by atoms with Crippen molar-refractivity contribution < 1.29 is 0 Å². The molecule has 0 aromatic heterocycles. The minimum atomic E-state index is 0.201. The van der Waals surface area contributed by atoms with Crippen LogP contribution in [0.25, 0.3) is 0 Å². The predicted molar refractivity (Wildman–Crippen MR) is 74.8 cm³/mol. The highest BCUT2D eigenvalue weighted by atomic mass is 15.2. The molecule has 0 aliphatic heterocycles. The van der Waals surface area contributed by atoms with Crippen molar-refractivity contribution in [3.63, 3.8) is 0 Å². The first-order valence-corrected chi connectivity index (χ1v) is 7.02. The smallest absolute Gasteiger partial charge is 0.0638 e. The van der Waals surface area contributed by atoms with E-state index in [1.165, 1.54) is 0 Å². The zero-order chi connectivity index (χ0) is 13.5. The van der Waals surface area contributed by atoms with Crippen LogP contribution >= 0.6 is 0 Å². The molecule has 0 aliphatic carbocycles. The van der Waals surface area contributed by atoms with Gasteiger partial charge in [-0.05, 0) is 45.6 Å². The van der Waals surface area contributed by atoms with Crippen molar-refractivity contribution in [1.82, 2.24) is 4.90 Å². The van der Waals surface area contributed by atoms with E-state index in [2.05, 4.69) is 52.5 Å². The lowest BCUT2D eigenvalue weighted by Gasteiger charge is -2.43. The molecule has 0 fully saturated rings. The van der Waals surface area contributed by atoms with Crippen molar-refractivity contribution in [2.45, 2.75) is 78.8 Å². The highest BCUT2D eigenvalue weighted by Gasteiger charge is 2.30. The largest absolute Gasteiger partial charge is 0.294 e. The number of hydrogen-bond donors (Lipinski definition) is 0. The summed E-state index contributed by atoms with van der Waals surface area (Å²) < 4.78 is 0. The zero-order valence-electron chi connectivity index (χ0n) is 12.6. The summed E-state index contributed by atoms with van der Waals surface area (Å²) in [6.45, 7) is 14.6. The molecule has 0 aromatic carbocycles. The molecule has 1 unspecified atom stereocenters. The lowest BCUT2D eigenvalue weighted by Crippen LogP contribution is -2.50. The SMILES string of the molecule is CCCN(C(CC#N)CC(C)C)C(C)(C)CC. The molecule has 100 valence electrons. The van der Waals surface area contributed by atoms with Gasteiger partial charge in [-0.2, -0.15) is 5.26 Å². The molecule has 0 aromatic rings. The zero-order valence-corrected chi connectivity index (χ0v) is 12.6. The van der Waals surface area contributed by atoms with E-state index in [0.717, 1.165) is 25.8 Å². The summed E-state index contributed by atoms with van der Waals surface area (Å²) in [5, 5.41) is 9.03. The van der Waals surface area contributed by atoms with Crippen molar-refractivity contribution >= 4 is 0 Å². The van der Waals surface area contributed by atoms with E-state index in [1.807, 2.05) is 0 Å². The first kappa shape index (κ1) is 16.4. The van der Waals surface area contributed by atoms with Crippen molar-refractivity contribution in [2.24, 2.45) is 5.92 Å². The monoisotopic (exact) mass is 238 g/mol. The van der Waals surface area contributed by atoms with E-state index in [-0.39, 0.29) is 5.54 Å². The van der Waals surface area contributed by atoms with Gasteiger partial charge in [0, 0.05) is 11.6 Å². The average molecular weight is 238 g/mol. The Morgan fingerprint density at radius 3 is 2.18 bits per heavy atom. The molecule has 0 rings (SSSR count). The summed E-state index contributed by atoms with van der Waals surface area (Å²) in [6, 6.07) is 2.78. The molecule has 0 aliphatic rings. The first-order chi connectivity index (χ1) is 7.88. The fraction of sp³-hybridized carbons (Fsp3) is 0.933. The standard InChI is InChI=1S/C15H30N2/c1-7-11-17(15(5,6)8-2)14(9-10-16)12-13(3)4/h13-14H,7-9,11-12H2,1-6H3. The number of hydrogen-bond acceptors (Lipinski definition) is 2. The molecule has 17 heavy (non-hydrogen) atoms. The Morgan fingerprint density at radius 2 is 1.82 bits per heavy atom. The Balaban J connectivity index is 4.88. The van der Waals surface area contributed by atoms with E-state index >= 15 is 0 Å². The minimum Gasteiger partial charge on any atom is -0.294 e. The fourth-order valence-electron chi connectivity index (χ4n) is 2.39. The quantitative estimate of drug-likeness (QED) is 0.633. The van der Waals surface area contributed by atoms with E-state index < -0.39 is 0 Å².